The van der Waals surface area contributed by atoms with E-state index >= 15 is 0 Å². The number of thiocarbonyl (C=S) groups is 1. The lowest BCUT2D eigenvalue weighted by Crippen LogP contribution is -2.36. The largest absolute Gasteiger partial charge is 0.467 e. The molecule has 2 N–H and O–H groups in total. The smallest absolute Gasteiger partial charge is 0.167 e. The van der Waals surface area contributed by atoms with E-state index in [2.05, 4.69) is 35.8 Å². The first kappa shape index (κ1) is 14.6. The Morgan fingerprint density at radius 3 is 2.95 bits per heavy atom. The summed E-state index contributed by atoms with van der Waals surface area (Å²) in [7, 11) is 0. The molecule has 5 nitrogen and oxygen atoms in total. The summed E-state index contributed by atoms with van der Waals surface area (Å²) in [6.45, 7) is 7.61. The maximum Gasteiger partial charge on any atom is 0.167 e. The minimum absolute atomic E-state index is 0.118. The lowest BCUT2D eigenvalue weighted by atomic mass is 10.1. The zero-order chi connectivity index (χ0) is 14.5. The van der Waals surface area contributed by atoms with E-state index in [0.29, 0.717) is 11.7 Å². The van der Waals surface area contributed by atoms with Crippen LogP contribution in [0.25, 0.3) is 0 Å². The zero-order valence-corrected chi connectivity index (χ0v) is 12.8. The number of nitrogens with one attached hydrogen (secondary N) is 2. The van der Waals surface area contributed by atoms with Crippen LogP contribution in [0.15, 0.2) is 29.0 Å². The van der Waals surface area contributed by atoms with Gasteiger partial charge in [0.25, 0.3) is 0 Å². The molecule has 0 bridgehead atoms. The van der Waals surface area contributed by atoms with Gasteiger partial charge in [0.1, 0.15) is 5.76 Å². The van der Waals surface area contributed by atoms with E-state index in [1.165, 1.54) is 0 Å². The Hall–Kier alpha value is -1.82. The van der Waals surface area contributed by atoms with Crippen molar-refractivity contribution in [2.45, 2.75) is 39.9 Å². The third-order valence-corrected chi connectivity index (χ3v) is 3.39. The van der Waals surface area contributed by atoms with Crippen molar-refractivity contribution in [3.63, 3.8) is 0 Å². The van der Waals surface area contributed by atoms with E-state index in [9.17, 15) is 0 Å². The van der Waals surface area contributed by atoms with Crippen molar-refractivity contribution in [1.82, 2.24) is 20.4 Å². The molecule has 108 valence electrons. The quantitative estimate of drug-likeness (QED) is 0.829. The van der Waals surface area contributed by atoms with E-state index in [-0.39, 0.29) is 6.04 Å². The van der Waals surface area contributed by atoms with Gasteiger partial charge in [-0.05, 0) is 45.1 Å². The lowest BCUT2D eigenvalue weighted by molar-refractivity contribution is 0.501. The predicted molar refractivity (Wildman–Crippen MR) is 82.3 cm³/mol. The minimum atomic E-state index is 0.118. The third kappa shape index (κ3) is 3.60. The first-order valence-electron chi connectivity index (χ1n) is 6.70. The van der Waals surface area contributed by atoms with Crippen LogP contribution in [0.3, 0.4) is 0 Å². The van der Waals surface area contributed by atoms with Gasteiger partial charge in [-0.25, -0.2) is 0 Å². The normalized spacial score (nSPS) is 12.2. The van der Waals surface area contributed by atoms with Crippen LogP contribution in [0.4, 0.5) is 0 Å². The molecule has 0 aliphatic carbocycles. The second-order valence-corrected chi connectivity index (χ2v) is 5.06. The van der Waals surface area contributed by atoms with Crippen molar-refractivity contribution >= 4 is 17.3 Å². The van der Waals surface area contributed by atoms with Crippen LogP contribution in [-0.2, 0) is 13.1 Å². The molecule has 2 rings (SSSR count). The molecule has 0 aromatic carbocycles. The van der Waals surface area contributed by atoms with Crippen LogP contribution in [0, 0.1) is 6.92 Å². The monoisotopic (exact) mass is 292 g/mol. The summed E-state index contributed by atoms with van der Waals surface area (Å²) in [5, 5.41) is 11.4. The van der Waals surface area contributed by atoms with Crippen molar-refractivity contribution in [3.8, 4) is 0 Å². The summed E-state index contributed by atoms with van der Waals surface area (Å²) in [6.07, 6.45) is 3.71. The molecule has 0 saturated heterocycles. The summed E-state index contributed by atoms with van der Waals surface area (Å²) >= 11 is 5.29. The SMILES string of the molecule is CCn1cc(C(C)NC(=S)NCc2ccco2)c(C)n1. The fraction of sp³-hybridized carbons (Fsp3) is 0.429. The van der Waals surface area contributed by atoms with Crippen molar-refractivity contribution < 1.29 is 4.42 Å². The third-order valence-electron chi connectivity index (χ3n) is 3.13. The molecular formula is C14H20N4OS. The Balaban J connectivity index is 1.88. The average molecular weight is 292 g/mol. The van der Waals surface area contributed by atoms with Crippen molar-refractivity contribution in [1.29, 1.82) is 0 Å². The molecule has 0 radical (unpaired) electrons. The predicted octanol–water partition coefficient (Wildman–Crippen LogP) is 2.53. The fourth-order valence-electron chi connectivity index (χ4n) is 2.03. The van der Waals surface area contributed by atoms with Gasteiger partial charge in [0, 0.05) is 18.3 Å². The summed E-state index contributed by atoms with van der Waals surface area (Å²) in [5.74, 6) is 0.858. The van der Waals surface area contributed by atoms with Crippen LogP contribution >= 0.6 is 12.2 Å². The molecule has 6 heteroatoms. The highest BCUT2D eigenvalue weighted by Crippen LogP contribution is 2.15. The summed E-state index contributed by atoms with van der Waals surface area (Å²) in [4.78, 5) is 0. The molecule has 2 aromatic rings. The molecule has 2 aromatic heterocycles. The van der Waals surface area contributed by atoms with Gasteiger partial charge < -0.3 is 15.1 Å². The van der Waals surface area contributed by atoms with Gasteiger partial charge in [-0.15, -0.1) is 0 Å². The van der Waals surface area contributed by atoms with Crippen LogP contribution < -0.4 is 10.6 Å². The first-order chi connectivity index (χ1) is 9.60. The number of hydrogen-bond donors (Lipinski definition) is 2. The van der Waals surface area contributed by atoms with Crippen molar-refractivity contribution in [2.24, 2.45) is 0 Å². The van der Waals surface area contributed by atoms with Gasteiger partial charge in [0.2, 0.25) is 0 Å². The molecule has 1 unspecified atom stereocenters. The number of hydrogen-bond acceptors (Lipinski definition) is 3. The van der Waals surface area contributed by atoms with Gasteiger partial charge >= 0.3 is 0 Å². The van der Waals surface area contributed by atoms with Gasteiger partial charge in [-0.2, -0.15) is 5.10 Å². The van der Waals surface area contributed by atoms with Gasteiger partial charge in [-0.3, -0.25) is 4.68 Å². The summed E-state index contributed by atoms with van der Waals surface area (Å²) in [5.41, 5.74) is 2.19. The second kappa shape index (κ2) is 6.56. The first-order valence-corrected chi connectivity index (χ1v) is 7.11. The maximum atomic E-state index is 5.29. The molecule has 20 heavy (non-hydrogen) atoms. The minimum Gasteiger partial charge on any atom is -0.467 e. The van der Waals surface area contributed by atoms with E-state index in [1.807, 2.05) is 23.7 Å². The highest BCUT2D eigenvalue weighted by molar-refractivity contribution is 7.80. The number of aromatic nitrogens is 2. The standard InChI is InChI=1S/C14H20N4OS/c1-4-18-9-13(11(3)17-18)10(2)16-14(20)15-8-12-6-5-7-19-12/h5-7,9-10H,4,8H2,1-3H3,(H2,15,16,20). The number of furan rings is 1. The van der Waals surface area contributed by atoms with E-state index in [0.717, 1.165) is 23.6 Å². The highest BCUT2D eigenvalue weighted by Gasteiger charge is 2.13. The Morgan fingerprint density at radius 2 is 2.35 bits per heavy atom. The molecule has 0 aliphatic heterocycles. The van der Waals surface area contributed by atoms with E-state index in [4.69, 9.17) is 16.6 Å². The molecule has 0 amide bonds. The number of aryl methyl sites for hydroxylation is 2. The van der Waals surface area contributed by atoms with Crippen LogP contribution in [-0.4, -0.2) is 14.9 Å². The molecule has 1 atom stereocenters. The number of nitrogens with zero attached hydrogens (tertiary/aromatic N) is 2. The van der Waals surface area contributed by atoms with Gasteiger partial charge in [-0.1, -0.05) is 0 Å². The average Bonchev–Trinajstić information content (AvgIpc) is 3.05. The summed E-state index contributed by atoms with van der Waals surface area (Å²) in [6, 6.07) is 3.89. The molecule has 0 spiro atoms. The number of rotatable bonds is 5. The highest BCUT2D eigenvalue weighted by atomic mass is 32.1. The van der Waals surface area contributed by atoms with Crippen LogP contribution in [0.2, 0.25) is 0 Å². The molecule has 0 saturated carbocycles. The molecule has 0 fully saturated rings. The maximum absolute atomic E-state index is 5.29. The molecule has 0 aliphatic rings. The second-order valence-electron chi connectivity index (χ2n) is 4.65. The summed E-state index contributed by atoms with van der Waals surface area (Å²) < 4.78 is 7.18. The van der Waals surface area contributed by atoms with Crippen LogP contribution in [0.1, 0.15) is 36.9 Å². The Bertz CT molecular complexity index is 562. The zero-order valence-electron chi connectivity index (χ0n) is 12.0. The molecular weight excluding hydrogens is 272 g/mol. The Kier molecular flexibility index (Phi) is 4.79. The topological polar surface area (TPSA) is 55.0 Å². The van der Waals surface area contributed by atoms with Crippen LogP contribution in [0.5, 0.6) is 0 Å². The molecule has 2 heterocycles. The van der Waals surface area contributed by atoms with Gasteiger partial charge in [0.15, 0.2) is 5.11 Å². The Morgan fingerprint density at radius 1 is 1.55 bits per heavy atom. The fourth-order valence-corrected chi connectivity index (χ4v) is 2.28. The van der Waals surface area contributed by atoms with E-state index < -0.39 is 0 Å². The lowest BCUT2D eigenvalue weighted by Gasteiger charge is -2.16. The van der Waals surface area contributed by atoms with E-state index in [1.54, 1.807) is 6.26 Å². The van der Waals surface area contributed by atoms with Crippen molar-refractivity contribution in [3.05, 3.63) is 41.6 Å². The van der Waals surface area contributed by atoms with Gasteiger partial charge in [0.05, 0.1) is 24.5 Å². The van der Waals surface area contributed by atoms with Crippen molar-refractivity contribution in [2.75, 3.05) is 0 Å². The Labute approximate surface area is 124 Å².